The molecule has 0 amide bonds. The smallest absolute Gasteiger partial charge is 0.151 e. The molecule has 0 bridgehead atoms. The van der Waals surface area contributed by atoms with Gasteiger partial charge in [0.05, 0.1) is 10.2 Å². The fourth-order valence-corrected chi connectivity index (χ4v) is 3.22. The van der Waals surface area contributed by atoms with Crippen molar-refractivity contribution in [2.75, 3.05) is 19.6 Å². The molecule has 0 aromatic carbocycles. The summed E-state index contributed by atoms with van der Waals surface area (Å²) in [6.07, 6.45) is 6.80. The summed E-state index contributed by atoms with van der Waals surface area (Å²) in [6.45, 7) is 5.78. The van der Waals surface area contributed by atoms with E-state index in [9.17, 15) is 0 Å². The molecule has 3 rings (SSSR count). The lowest BCUT2D eigenvalue weighted by molar-refractivity contribution is 0.216. The molecule has 0 radical (unpaired) electrons. The highest BCUT2D eigenvalue weighted by atomic mass is 79.9. The molecule has 0 aliphatic carbocycles. The Morgan fingerprint density at radius 2 is 2.39 bits per heavy atom. The Bertz CT molecular complexity index is 549. The quantitative estimate of drug-likeness (QED) is 0.848. The Hall–Kier alpha value is -0.870. The van der Waals surface area contributed by atoms with Gasteiger partial charge in [-0.15, -0.1) is 0 Å². The molecule has 0 saturated carbocycles. The van der Waals surface area contributed by atoms with E-state index in [1.165, 1.54) is 25.1 Å². The van der Waals surface area contributed by atoms with Gasteiger partial charge in [-0.3, -0.25) is 0 Å². The molecule has 1 aliphatic rings. The molecule has 1 aliphatic heterocycles. The Balaban J connectivity index is 1.92. The summed E-state index contributed by atoms with van der Waals surface area (Å²) in [4.78, 5) is 7.32. The average Bonchev–Trinajstić information content (AvgIpc) is 2.84. The molecular weight excluding hydrogens is 290 g/mol. The van der Waals surface area contributed by atoms with Crippen LogP contribution >= 0.6 is 15.9 Å². The van der Waals surface area contributed by atoms with Crippen molar-refractivity contribution in [1.82, 2.24) is 14.3 Å². The second-order valence-corrected chi connectivity index (χ2v) is 5.84. The van der Waals surface area contributed by atoms with Crippen molar-refractivity contribution in [2.24, 2.45) is 0 Å². The first-order valence-electron chi connectivity index (χ1n) is 6.63. The summed E-state index contributed by atoms with van der Waals surface area (Å²) in [5, 5.41) is 0. The van der Waals surface area contributed by atoms with Gasteiger partial charge in [0.1, 0.15) is 0 Å². The van der Waals surface area contributed by atoms with Gasteiger partial charge in [-0.2, -0.15) is 0 Å². The maximum atomic E-state index is 4.79. The van der Waals surface area contributed by atoms with Gasteiger partial charge in [0.15, 0.2) is 5.65 Å². The number of aromatic nitrogens is 2. The second-order valence-electron chi connectivity index (χ2n) is 4.99. The van der Waals surface area contributed by atoms with Crippen molar-refractivity contribution in [3.8, 4) is 0 Å². The molecule has 96 valence electrons. The van der Waals surface area contributed by atoms with Crippen LogP contribution in [-0.2, 0) is 0 Å². The first-order valence-corrected chi connectivity index (χ1v) is 7.42. The standard InChI is InChI=1S/C14H18BrN3/c1-2-17-7-3-5-11(9-17)13-10-18-8-4-6-12(15)14(18)16-13/h4,6,8,10-11H,2-3,5,7,9H2,1H3. The van der Waals surface area contributed by atoms with Crippen LogP contribution < -0.4 is 0 Å². The Kier molecular flexibility index (Phi) is 3.39. The van der Waals surface area contributed by atoms with Crippen LogP contribution in [0, 0.1) is 0 Å². The Morgan fingerprint density at radius 1 is 1.50 bits per heavy atom. The van der Waals surface area contributed by atoms with E-state index >= 15 is 0 Å². The van der Waals surface area contributed by atoms with Crippen LogP contribution in [0.3, 0.4) is 0 Å². The summed E-state index contributed by atoms with van der Waals surface area (Å²) in [6, 6.07) is 4.09. The van der Waals surface area contributed by atoms with Crippen molar-refractivity contribution in [3.63, 3.8) is 0 Å². The summed E-state index contributed by atoms with van der Waals surface area (Å²) >= 11 is 3.57. The van der Waals surface area contributed by atoms with E-state index in [1.54, 1.807) is 0 Å². The van der Waals surface area contributed by atoms with Gasteiger partial charge in [-0.1, -0.05) is 6.92 Å². The Labute approximate surface area is 116 Å². The molecule has 18 heavy (non-hydrogen) atoms. The molecule has 3 nitrogen and oxygen atoms in total. The van der Waals surface area contributed by atoms with Crippen molar-refractivity contribution >= 4 is 21.6 Å². The van der Waals surface area contributed by atoms with E-state index in [-0.39, 0.29) is 0 Å². The molecule has 0 N–H and O–H groups in total. The zero-order valence-electron chi connectivity index (χ0n) is 10.6. The molecule has 1 atom stereocenters. The summed E-state index contributed by atoms with van der Waals surface area (Å²) in [5.74, 6) is 0.588. The third-order valence-electron chi connectivity index (χ3n) is 3.82. The van der Waals surface area contributed by atoms with E-state index in [2.05, 4.69) is 44.5 Å². The number of piperidine rings is 1. The molecule has 4 heteroatoms. The largest absolute Gasteiger partial charge is 0.306 e. The number of hydrogen-bond donors (Lipinski definition) is 0. The minimum Gasteiger partial charge on any atom is -0.306 e. The number of halogens is 1. The predicted molar refractivity (Wildman–Crippen MR) is 77.0 cm³/mol. The van der Waals surface area contributed by atoms with Gasteiger partial charge in [-0.05, 0) is 54.0 Å². The molecule has 1 unspecified atom stereocenters. The molecule has 0 spiro atoms. The minimum atomic E-state index is 0.588. The lowest BCUT2D eigenvalue weighted by Crippen LogP contribution is -2.34. The minimum absolute atomic E-state index is 0.588. The highest BCUT2D eigenvalue weighted by Crippen LogP contribution is 2.27. The van der Waals surface area contributed by atoms with E-state index in [1.807, 2.05) is 12.1 Å². The van der Waals surface area contributed by atoms with E-state index < -0.39 is 0 Å². The normalized spacial score (nSPS) is 21.6. The zero-order valence-corrected chi connectivity index (χ0v) is 12.2. The fraction of sp³-hybridized carbons (Fsp3) is 0.500. The third-order valence-corrected chi connectivity index (χ3v) is 4.44. The molecular formula is C14H18BrN3. The van der Waals surface area contributed by atoms with Crippen LogP contribution in [0.5, 0.6) is 0 Å². The summed E-state index contributed by atoms with van der Waals surface area (Å²) < 4.78 is 3.18. The number of imidazole rings is 1. The molecule has 2 aromatic heterocycles. The van der Waals surface area contributed by atoms with Crippen LogP contribution in [0.1, 0.15) is 31.4 Å². The van der Waals surface area contributed by atoms with E-state index in [0.29, 0.717) is 5.92 Å². The van der Waals surface area contributed by atoms with Gasteiger partial charge < -0.3 is 9.30 Å². The molecule has 1 fully saturated rings. The molecule has 3 heterocycles. The van der Waals surface area contributed by atoms with Crippen LogP contribution in [-0.4, -0.2) is 33.9 Å². The van der Waals surface area contributed by atoms with Gasteiger partial charge >= 0.3 is 0 Å². The monoisotopic (exact) mass is 307 g/mol. The SMILES string of the molecule is CCN1CCCC(c2cn3cccc(Br)c3n2)C1. The van der Waals surface area contributed by atoms with Crippen LogP contribution in [0.15, 0.2) is 29.0 Å². The zero-order chi connectivity index (χ0) is 12.5. The van der Waals surface area contributed by atoms with Crippen LogP contribution in [0.2, 0.25) is 0 Å². The van der Waals surface area contributed by atoms with E-state index in [0.717, 1.165) is 23.2 Å². The summed E-state index contributed by atoms with van der Waals surface area (Å²) in [7, 11) is 0. The average molecular weight is 308 g/mol. The lowest BCUT2D eigenvalue weighted by Gasteiger charge is -2.30. The van der Waals surface area contributed by atoms with E-state index in [4.69, 9.17) is 4.98 Å². The number of hydrogen-bond acceptors (Lipinski definition) is 2. The van der Waals surface area contributed by atoms with Gasteiger partial charge in [-0.25, -0.2) is 4.98 Å². The number of fused-ring (bicyclic) bond motifs is 1. The third kappa shape index (κ3) is 2.19. The van der Waals surface area contributed by atoms with Crippen molar-refractivity contribution in [2.45, 2.75) is 25.7 Å². The number of likely N-dealkylation sites (tertiary alicyclic amines) is 1. The first kappa shape index (κ1) is 12.2. The highest BCUT2D eigenvalue weighted by molar-refractivity contribution is 9.10. The summed E-state index contributed by atoms with van der Waals surface area (Å²) in [5.41, 5.74) is 2.26. The van der Waals surface area contributed by atoms with Crippen molar-refractivity contribution in [3.05, 3.63) is 34.7 Å². The van der Waals surface area contributed by atoms with Gasteiger partial charge in [0.2, 0.25) is 0 Å². The predicted octanol–water partition coefficient (Wildman–Crippen LogP) is 3.30. The van der Waals surface area contributed by atoms with Crippen molar-refractivity contribution < 1.29 is 0 Å². The number of pyridine rings is 1. The molecule has 1 saturated heterocycles. The van der Waals surface area contributed by atoms with Gasteiger partial charge in [0.25, 0.3) is 0 Å². The maximum Gasteiger partial charge on any atom is 0.151 e. The maximum absolute atomic E-state index is 4.79. The number of likely N-dealkylation sites (N-methyl/N-ethyl adjacent to an activating group) is 1. The van der Waals surface area contributed by atoms with Crippen LogP contribution in [0.25, 0.3) is 5.65 Å². The molecule has 2 aromatic rings. The lowest BCUT2D eigenvalue weighted by atomic mass is 9.95. The number of rotatable bonds is 2. The second kappa shape index (κ2) is 5.02. The first-order chi connectivity index (χ1) is 8.78. The van der Waals surface area contributed by atoms with Crippen LogP contribution in [0.4, 0.5) is 0 Å². The number of nitrogens with zero attached hydrogens (tertiary/aromatic N) is 3. The topological polar surface area (TPSA) is 20.5 Å². The van der Waals surface area contributed by atoms with Gasteiger partial charge in [0, 0.05) is 24.9 Å². The fourth-order valence-electron chi connectivity index (χ4n) is 2.78. The highest BCUT2D eigenvalue weighted by Gasteiger charge is 2.22. The Morgan fingerprint density at radius 3 is 3.17 bits per heavy atom. The van der Waals surface area contributed by atoms with Crippen molar-refractivity contribution in [1.29, 1.82) is 0 Å².